The maximum atomic E-state index is 4.70. The first-order valence-corrected chi connectivity index (χ1v) is 8.58. The van der Waals surface area contributed by atoms with Crippen LogP contribution in [0.4, 0.5) is 11.4 Å². The van der Waals surface area contributed by atoms with Crippen LogP contribution < -0.4 is 0 Å². The molecule has 2 heterocycles. The first-order chi connectivity index (χ1) is 12.6. The molecule has 3 aromatic rings. The van der Waals surface area contributed by atoms with Gasteiger partial charge in [-0.1, -0.05) is 12.1 Å². The Morgan fingerprint density at radius 1 is 0.562 bits per heavy atom. The number of aromatic nitrogens is 2. The maximum absolute atomic E-state index is 4.70. The van der Waals surface area contributed by atoms with Crippen molar-refractivity contribution in [2.45, 2.75) is 27.7 Å². The number of pyridine rings is 2. The Morgan fingerprint density at radius 2 is 0.875 bits per heavy atom. The third-order valence-electron chi connectivity index (χ3n) is 4.57. The van der Waals surface area contributed by atoms with E-state index in [1.54, 1.807) is 12.4 Å². The summed E-state index contributed by atoms with van der Waals surface area (Å²) in [4.78, 5) is 18.0. The average molecular weight is 615 g/mol. The van der Waals surface area contributed by atoms with E-state index in [0.717, 1.165) is 45.0 Å². The Bertz CT molecular complexity index is 877. The number of hydrogen-bond acceptors (Lipinski definition) is 4. The fraction of sp³-hybridized carbons (Fsp3) is 0.182. The van der Waals surface area contributed by atoms with Crippen molar-refractivity contribution in [3.8, 4) is 0 Å². The van der Waals surface area contributed by atoms with Gasteiger partial charge >= 0.3 is 0 Å². The molecule has 32 heavy (non-hydrogen) atoms. The summed E-state index contributed by atoms with van der Waals surface area (Å²) in [5.74, 6) is 0. The SMILES string of the molecule is Cc1c(C)c(N=Cc2ccccn2)c(C)c(C)c1N=Cc1ccccn1.Cl.Cl.Cl.Cl.[Cu].[Cu]. The van der Waals surface area contributed by atoms with E-state index in [2.05, 4.69) is 37.7 Å². The molecule has 0 fully saturated rings. The summed E-state index contributed by atoms with van der Waals surface area (Å²) in [5.41, 5.74) is 8.20. The van der Waals surface area contributed by atoms with Gasteiger partial charge in [-0.25, -0.2) is 0 Å². The van der Waals surface area contributed by atoms with E-state index in [1.807, 2.05) is 48.8 Å². The minimum absolute atomic E-state index is 0. The van der Waals surface area contributed by atoms with Crippen molar-refractivity contribution < 1.29 is 34.1 Å². The summed E-state index contributed by atoms with van der Waals surface area (Å²) in [7, 11) is 0. The molecule has 0 amide bonds. The van der Waals surface area contributed by atoms with E-state index in [-0.39, 0.29) is 83.8 Å². The Morgan fingerprint density at radius 3 is 1.12 bits per heavy atom. The van der Waals surface area contributed by atoms with Gasteiger partial charge in [-0.3, -0.25) is 20.0 Å². The van der Waals surface area contributed by atoms with Crippen molar-refractivity contribution in [2.24, 2.45) is 9.98 Å². The van der Waals surface area contributed by atoms with Crippen LogP contribution >= 0.6 is 49.6 Å². The van der Waals surface area contributed by atoms with E-state index in [9.17, 15) is 0 Å². The minimum atomic E-state index is 0. The van der Waals surface area contributed by atoms with Crippen LogP contribution in [-0.2, 0) is 34.1 Å². The fourth-order valence-electron chi connectivity index (χ4n) is 2.83. The molecule has 4 nitrogen and oxygen atoms in total. The molecule has 3 rings (SSSR count). The molecule has 0 atom stereocenters. The van der Waals surface area contributed by atoms with Gasteiger partial charge in [0, 0.05) is 46.5 Å². The predicted molar refractivity (Wildman–Crippen MR) is 137 cm³/mol. The summed E-state index contributed by atoms with van der Waals surface area (Å²) in [6.07, 6.45) is 7.16. The van der Waals surface area contributed by atoms with Crippen molar-refractivity contribution in [3.05, 3.63) is 82.4 Å². The zero-order valence-electron chi connectivity index (χ0n) is 17.8. The van der Waals surface area contributed by atoms with Crippen LogP contribution in [0, 0.1) is 27.7 Å². The Kier molecular flexibility index (Phi) is 22.1. The van der Waals surface area contributed by atoms with Crippen molar-refractivity contribution in [1.82, 2.24) is 9.97 Å². The third-order valence-corrected chi connectivity index (χ3v) is 4.57. The van der Waals surface area contributed by atoms with Gasteiger partial charge in [0.15, 0.2) is 0 Å². The van der Waals surface area contributed by atoms with Crippen LogP contribution in [0.15, 0.2) is 58.8 Å². The second-order valence-corrected chi connectivity index (χ2v) is 6.22. The number of hydrogen-bond donors (Lipinski definition) is 0. The largest absolute Gasteiger partial charge is 0.255 e. The van der Waals surface area contributed by atoms with Crippen LogP contribution in [0.1, 0.15) is 33.6 Å². The van der Waals surface area contributed by atoms with Crippen molar-refractivity contribution in [1.29, 1.82) is 0 Å². The summed E-state index contributed by atoms with van der Waals surface area (Å²) in [6, 6.07) is 11.6. The topological polar surface area (TPSA) is 50.5 Å². The van der Waals surface area contributed by atoms with Gasteiger partial charge in [-0.2, -0.15) is 0 Å². The molecule has 0 N–H and O–H groups in total. The molecule has 2 aromatic heterocycles. The number of benzene rings is 1. The molecule has 184 valence electrons. The van der Waals surface area contributed by atoms with Crippen molar-refractivity contribution in [2.75, 3.05) is 0 Å². The summed E-state index contributed by atoms with van der Waals surface area (Å²) < 4.78 is 0. The average Bonchev–Trinajstić information content (AvgIpc) is 2.68. The van der Waals surface area contributed by atoms with Crippen LogP contribution in [0.5, 0.6) is 0 Å². The molecule has 0 aliphatic rings. The predicted octanol–water partition coefficient (Wildman–Crippen LogP) is 6.89. The quantitative estimate of drug-likeness (QED) is 0.237. The van der Waals surface area contributed by atoms with Crippen LogP contribution in [0.25, 0.3) is 0 Å². The minimum Gasteiger partial charge on any atom is -0.255 e. The van der Waals surface area contributed by atoms with Crippen LogP contribution in [0.2, 0.25) is 0 Å². The molecule has 0 unspecified atom stereocenters. The number of nitrogens with zero attached hydrogens (tertiary/aromatic N) is 4. The first kappa shape index (κ1) is 38.3. The van der Waals surface area contributed by atoms with Gasteiger partial charge in [0.2, 0.25) is 0 Å². The van der Waals surface area contributed by atoms with E-state index in [1.165, 1.54) is 0 Å². The number of rotatable bonds is 4. The van der Waals surface area contributed by atoms with Crippen LogP contribution in [-0.4, -0.2) is 22.4 Å². The van der Waals surface area contributed by atoms with Gasteiger partial charge in [0.25, 0.3) is 0 Å². The Balaban J connectivity index is -0.000000653. The van der Waals surface area contributed by atoms with E-state index in [0.29, 0.717) is 0 Å². The zero-order chi connectivity index (χ0) is 18.5. The molecule has 10 heteroatoms. The third kappa shape index (κ3) is 9.51. The number of aliphatic imine (C=N–C) groups is 2. The molecular formula is C22H26Cl4Cu2N4. The van der Waals surface area contributed by atoms with E-state index < -0.39 is 0 Å². The zero-order valence-corrected chi connectivity index (χ0v) is 22.9. The second kappa shape index (κ2) is 18.5. The van der Waals surface area contributed by atoms with Gasteiger partial charge in [0.05, 0.1) is 35.2 Å². The normalized spacial score (nSPS) is 9.38. The van der Waals surface area contributed by atoms with E-state index in [4.69, 9.17) is 9.98 Å². The Labute approximate surface area is 236 Å². The molecular weight excluding hydrogens is 589 g/mol. The van der Waals surface area contributed by atoms with E-state index >= 15 is 0 Å². The van der Waals surface area contributed by atoms with Gasteiger partial charge in [-0.05, 0) is 74.2 Å². The molecule has 0 bridgehead atoms. The standard InChI is InChI=1S/C22H22N4.4ClH.2Cu/c1-15-16(2)22(26-14-20-10-6-8-12-24-20)18(4)17(3)21(15)25-13-19-9-5-7-11-23-19;;;;;;/h5-14H,1-4H3;4*1H;;. The van der Waals surface area contributed by atoms with Gasteiger partial charge < -0.3 is 0 Å². The number of halogens is 4. The molecule has 0 saturated carbocycles. The fourth-order valence-corrected chi connectivity index (χ4v) is 2.83. The summed E-state index contributed by atoms with van der Waals surface area (Å²) in [5, 5.41) is 0. The Hall–Kier alpha value is -0.941. The molecule has 0 aliphatic carbocycles. The maximum Gasteiger partial charge on any atom is 0.0812 e. The molecule has 2 radical (unpaired) electrons. The van der Waals surface area contributed by atoms with Crippen LogP contribution in [0.3, 0.4) is 0 Å². The monoisotopic (exact) mass is 612 g/mol. The van der Waals surface area contributed by atoms with Gasteiger partial charge in [-0.15, -0.1) is 49.6 Å². The van der Waals surface area contributed by atoms with Crippen molar-refractivity contribution >= 4 is 73.4 Å². The smallest absolute Gasteiger partial charge is 0.0812 e. The summed E-state index contributed by atoms with van der Waals surface area (Å²) in [6.45, 7) is 8.36. The van der Waals surface area contributed by atoms with Gasteiger partial charge in [0.1, 0.15) is 0 Å². The van der Waals surface area contributed by atoms with Crippen molar-refractivity contribution in [3.63, 3.8) is 0 Å². The molecule has 0 saturated heterocycles. The first-order valence-electron chi connectivity index (χ1n) is 8.58. The second-order valence-electron chi connectivity index (χ2n) is 6.22. The molecule has 0 spiro atoms. The molecule has 1 aromatic carbocycles. The molecule has 0 aliphatic heterocycles. The summed E-state index contributed by atoms with van der Waals surface area (Å²) >= 11 is 0.